The summed E-state index contributed by atoms with van der Waals surface area (Å²) in [6.45, 7) is 0. The number of carbonyl (C=O) groups is 1. The predicted octanol–water partition coefficient (Wildman–Crippen LogP) is 1.69. The molecule has 0 atom stereocenters. The molecule has 4 heteroatoms. The number of aromatic nitrogens is 1. The monoisotopic (exact) mass is 194 g/mol. The van der Waals surface area contributed by atoms with E-state index in [1.54, 1.807) is 28.9 Å². The molecule has 0 saturated carbocycles. The van der Waals surface area contributed by atoms with E-state index in [9.17, 15) is 4.79 Å². The largest absolute Gasteiger partial charge is 0.366 e. The number of nitrogens with two attached hydrogens (primary N) is 1. The van der Waals surface area contributed by atoms with Gasteiger partial charge in [0.2, 0.25) is 5.91 Å². The van der Waals surface area contributed by atoms with Gasteiger partial charge in [-0.3, -0.25) is 4.79 Å². The van der Waals surface area contributed by atoms with Crippen LogP contribution in [0.25, 0.3) is 5.52 Å². The lowest BCUT2D eigenvalue weighted by Gasteiger charge is -1.97. The van der Waals surface area contributed by atoms with Crippen LogP contribution in [0.1, 0.15) is 10.4 Å². The molecule has 0 aliphatic heterocycles. The van der Waals surface area contributed by atoms with Crippen LogP contribution < -0.4 is 5.73 Å². The molecule has 2 rings (SSSR count). The van der Waals surface area contributed by atoms with Crippen molar-refractivity contribution in [3.63, 3.8) is 0 Å². The molecule has 0 bridgehead atoms. The van der Waals surface area contributed by atoms with Crippen molar-refractivity contribution in [1.29, 1.82) is 0 Å². The molecule has 0 spiro atoms. The Morgan fingerprint density at radius 1 is 1.38 bits per heavy atom. The Balaban J connectivity index is 2.67. The van der Waals surface area contributed by atoms with Gasteiger partial charge in [0.05, 0.1) is 10.6 Å². The zero-order chi connectivity index (χ0) is 9.42. The van der Waals surface area contributed by atoms with Crippen LogP contribution in [-0.4, -0.2) is 10.3 Å². The summed E-state index contributed by atoms with van der Waals surface area (Å²) in [4.78, 5) is 10.8. The Hall–Kier alpha value is -1.48. The van der Waals surface area contributed by atoms with Crippen LogP contribution in [0.15, 0.2) is 30.6 Å². The first kappa shape index (κ1) is 8.13. The Morgan fingerprint density at radius 2 is 2.15 bits per heavy atom. The first-order valence-corrected chi connectivity index (χ1v) is 4.12. The number of pyridine rings is 1. The standard InChI is InChI=1S/C9H7ClN2O/c10-7-3-8-2-1-6(9(11)13)4-12(8)5-7/h1-5H,(H2,11,13). The van der Waals surface area contributed by atoms with E-state index in [2.05, 4.69) is 0 Å². The van der Waals surface area contributed by atoms with Crippen LogP contribution in [-0.2, 0) is 0 Å². The van der Waals surface area contributed by atoms with E-state index in [0.29, 0.717) is 10.6 Å². The number of fused-ring (bicyclic) bond motifs is 1. The average Bonchev–Trinajstić information content (AvgIpc) is 2.42. The zero-order valence-electron chi connectivity index (χ0n) is 6.70. The summed E-state index contributed by atoms with van der Waals surface area (Å²) in [6, 6.07) is 5.28. The van der Waals surface area contributed by atoms with E-state index in [1.165, 1.54) is 0 Å². The number of amides is 1. The maximum Gasteiger partial charge on any atom is 0.250 e. The molecule has 2 heterocycles. The fourth-order valence-corrected chi connectivity index (χ4v) is 1.44. The first-order chi connectivity index (χ1) is 6.16. The molecule has 66 valence electrons. The second kappa shape index (κ2) is 2.78. The van der Waals surface area contributed by atoms with Crippen molar-refractivity contribution in [3.05, 3.63) is 41.2 Å². The molecule has 0 aromatic carbocycles. The van der Waals surface area contributed by atoms with Crippen LogP contribution in [0.5, 0.6) is 0 Å². The number of hydrogen-bond acceptors (Lipinski definition) is 1. The molecule has 2 N–H and O–H groups in total. The van der Waals surface area contributed by atoms with Gasteiger partial charge in [-0.1, -0.05) is 11.6 Å². The molecule has 13 heavy (non-hydrogen) atoms. The lowest BCUT2D eigenvalue weighted by Crippen LogP contribution is -2.11. The van der Waals surface area contributed by atoms with Gasteiger partial charge in [-0.2, -0.15) is 0 Å². The topological polar surface area (TPSA) is 47.5 Å². The molecule has 2 aromatic rings. The third-order valence-corrected chi connectivity index (χ3v) is 2.05. The molecule has 0 fully saturated rings. The van der Waals surface area contributed by atoms with E-state index in [4.69, 9.17) is 17.3 Å². The van der Waals surface area contributed by atoms with E-state index < -0.39 is 5.91 Å². The number of carbonyl (C=O) groups excluding carboxylic acids is 1. The van der Waals surface area contributed by atoms with Crippen LogP contribution in [0.3, 0.4) is 0 Å². The van der Waals surface area contributed by atoms with Gasteiger partial charge >= 0.3 is 0 Å². The molecule has 2 aromatic heterocycles. The lowest BCUT2D eigenvalue weighted by molar-refractivity contribution is 0.1000. The van der Waals surface area contributed by atoms with Gasteiger partial charge in [-0.15, -0.1) is 0 Å². The third kappa shape index (κ3) is 1.38. The van der Waals surface area contributed by atoms with Gasteiger partial charge in [0, 0.05) is 17.9 Å². The maximum atomic E-state index is 10.8. The minimum absolute atomic E-state index is 0.438. The van der Waals surface area contributed by atoms with Crippen molar-refractivity contribution in [2.75, 3.05) is 0 Å². The summed E-state index contributed by atoms with van der Waals surface area (Å²) >= 11 is 5.78. The number of hydrogen-bond donors (Lipinski definition) is 1. The van der Waals surface area contributed by atoms with E-state index >= 15 is 0 Å². The summed E-state index contributed by atoms with van der Waals surface area (Å²) in [5, 5.41) is 0.640. The summed E-state index contributed by atoms with van der Waals surface area (Å²) in [6.07, 6.45) is 3.38. The molecule has 1 amide bonds. The minimum Gasteiger partial charge on any atom is -0.366 e. The van der Waals surface area contributed by atoms with E-state index in [-0.39, 0.29) is 0 Å². The molecular formula is C9H7ClN2O. The van der Waals surface area contributed by atoms with Crippen molar-refractivity contribution in [1.82, 2.24) is 4.40 Å². The smallest absolute Gasteiger partial charge is 0.250 e. The highest BCUT2D eigenvalue weighted by molar-refractivity contribution is 6.31. The highest BCUT2D eigenvalue weighted by Gasteiger charge is 2.02. The average molecular weight is 195 g/mol. The van der Waals surface area contributed by atoms with Gasteiger partial charge in [-0.25, -0.2) is 0 Å². The summed E-state index contributed by atoms with van der Waals surface area (Å²) < 4.78 is 1.77. The van der Waals surface area contributed by atoms with Crippen LogP contribution in [0, 0.1) is 0 Å². The quantitative estimate of drug-likeness (QED) is 0.738. The van der Waals surface area contributed by atoms with Gasteiger partial charge < -0.3 is 10.1 Å². The predicted molar refractivity (Wildman–Crippen MR) is 50.9 cm³/mol. The molecule has 0 unspecified atom stereocenters. The van der Waals surface area contributed by atoms with Crippen molar-refractivity contribution < 1.29 is 4.79 Å². The maximum absolute atomic E-state index is 10.8. The lowest BCUT2D eigenvalue weighted by atomic mass is 10.2. The number of rotatable bonds is 1. The van der Waals surface area contributed by atoms with Crippen molar-refractivity contribution >= 4 is 23.0 Å². The van der Waals surface area contributed by atoms with E-state index in [1.807, 2.05) is 6.07 Å². The van der Waals surface area contributed by atoms with Gasteiger partial charge in [0.15, 0.2) is 0 Å². The van der Waals surface area contributed by atoms with E-state index in [0.717, 1.165) is 5.52 Å². The molecular weight excluding hydrogens is 188 g/mol. The Morgan fingerprint density at radius 3 is 2.85 bits per heavy atom. The molecule has 0 saturated heterocycles. The summed E-state index contributed by atoms with van der Waals surface area (Å²) in [5.74, 6) is -0.438. The molecule has 0 aliphatic carbocycles. The van der Waals surface area contributed by atoms with Crippen LogP contribution >= 0.6 is 11.6 Å². The normalized spacial score (nSPS) is 10.5. The highest BCUT2D eigenvalue weighted by atomic mass is 35.5. The Labute approximate surface area is 79.7 Å². The van der Waals surface area contributed by atoms with Crippen molar-refractivity contribution in [2.24, 2.45) is 5.73 Å². The second-order valence-electron chi connectivity index (χ2n) is 2.77. The number of primary amides is 1. The number of nitrogens with zero attached hydrogens (tertiary/aromatic N) is 1. The molecule has 0 radical (unpaired) electrons. The summed E-state index contributed by atoms with van der Waals surface area (Å²) in [5.41, 5.74) is 6.54. The molecule has 3 nitrogen and oxygen atoms in total. The zero-order valence-corrected chi connectivity index (χ0v) is 7.45. The number of halogens is 1. The highest BCUT2D eigenvalue weighted by Crippen LogP contribution is 2.15. The summed E-state index contributed by atoms with van der Waals surface area (Å²) in [7, 11) is 0. The molecule has 0 aliphatic rings. The van der Waals surface area contributed by atoms with Crippen molar-refractivity contribution in [3.8, 4) is 0 Å². The second-order valence-corrected chi connectivity index (χ2v) is 3.21. The van der Waals surface area contributed by atoms with Crippen LogP contribution in [0.4, 0.5) is 0 Å². The Bertz CT molecular complexity index is 475. The SMILES string of the molecule is NC(=O)c1ccc2cc(Cl)cn2c1. The van der Waals surface area contributed by atoms with Gasteiger partial charge in [0.1, 0.15) is 0 Å². The minimum atomic E-state index is -0.438. The fourth-order valence-electron chi connectivity index (χ4n) is 1.22. The van der Waals surface area contributed by atoms with Crippen molar-refractivity contribution in [2.45, 2.75) is 0 Å². The van der Waals surface area contributed by atoms with Gasteiger partial charge in [0.25, 0.3) is 0 Å². The van der Waals surface area contributed by atoms with Crippen LogP contribution in [0.2, 0.25) is 5.02 Å². The fraction of sp³-hybridized carbons (Fsp3) is 0. The van der Waals surface area contributed by atoms with Gasteiger partial charge in [-0.05, 0) is 18.2 Å². The third-order valence-electron chi connectivity index (χ3n) is 1.84. The first-order valence-electron chi connectivity index (χ1n) is 3.74. The Kier molecular flexibility index (Phi) is 1.74.